The van der Waals surface area contributed by atoms with E-state index in [0.717, 1.165) is 11.1 Å². The standard InChI is InChI=1S/C20H19N3O3/c1-12-9-10-15(11-13(12)2)21-19(25)18(24)17-14(3)22-23(20(17)26)16-7-5-4-6-8-16/h4-11,17H,1-3H3,(H,21,25)/t17-/m0/s1. The van der Waals surface area contributed by atoms with E-state index in [4.69, 9.17) is 0 Å². The number of aryl methyl sites for hydroxylation is 2. The molecule has 0 aliphatic carbocycles. The van der Waals surface area contributed by atoms with Gasteiger partial charge in [-0.05, 0) is 56.2 Å². The Morgan fingerprint density at radius 2 is 1.69 bits per heavy atom. The fourth-order valence-corrected chi connectivity index (χ4v) is 2.76. The summed E-state index contributed by atoms with van der Waals surface area (Å²) in [5, 5.41) is 7.89. The van der Waals surface area contributed by atoms with Gasteiger partial charge < -0.3 is 5.32 Å². The third kappa shape index (κ3) is 3.26. The summed E-state index contributed by atoms with van der Waals surface area (Å²) >= 11 is 0. The molecule has 2 amide bonds. The van der Waals surface area contributed by atoms with Crippen molar-refractivity contribution in [2.75, 3.05) is 10.3 Å². The number of carbonyl (C=O) groups is 3. The molecule has 0 fully saturated rings. The molecule has 6 nitrogen and oxygen atoms in total. The Bertz CT molecular complexity index is 919. The van der Waals surface area contributed by atoms with Crippen molar-refractivity contribution in [3.05, 3.63) is 59.7 Å². The highest BCUT2D eigenvalue weighted by Crippen LogP contribution is 2.24. The number of carbonyl (C=O) groups excluding carboxylic acids is 3. The number of para-hydroxylation sites is 1. The van der Waals surface area contributed by atoms with Crippen molar-refractivity contribution in [1.82, 2.24) is 0 Å². The van der Waals surface area contributed by atoms with Crippen LogP contribution in [0.1, 0.15) is 18.1 Å². The second-order valence-corrected chi connectivity index (χ2v) is 6.28. The summed E-state index contributed by atoms with van der Waals surface area (Å²) in [6, 6.07) is 14.2. The number of hydrogen-bond acceptors (Lipinski definition) is 4. The summed E-state index contributed by atoms with van der Waals surface area (Å²) in [6.45, 7) is 5.45. The van der Waals surface area contributed by atoms with Gasteiger partial charge in [0.1, 0.15) is 5.92 Å². The van der Waals surface area contributed by atoms with Crippen LogP contribution in [-0.4, -0.2) is 23.3 Å². The molecular weight excluding hydrogens is 330 g/mol. The summed E-state index contributed by atoms with van der Waals surface area (Å²) in [4.78, 5) is 37.5. The molecular formula is C20H19N3O3. The molecule has 2 aromatic carbocycles. The predicted molar refractivity (Wildman–Crippen MR) is 100 cm³/mol. The normalized spacial score (nSPS) is 16.4. The van der Waals surface area contributed by atoms with Crippen molar-refractivity contribution < 1.29 is 14.4 Å². The van der Waals surface area contributed by atoms with Gasteiger partial charge in [0.2, 0.25) is 5.78 Å². The van der Waals surface area contributed by atoms with Gasteiger partial charge >= 0.3 is 0 Å². The molecule has 6 heteroatoms. The first-order valence-corrected chi connectivity index (χ1v) is 8.25. The van der Waals surface area contributed by atoms with Crippen LogP contribution in [0.4, 0.5) is 11.4 Å². The number of Topliss-reactive ketones (excluding diaryl/α,β-unsaturated/α-hetero) is 1. The molecule has 0 spiro atoms. The Morgan fingerprint density at radius 1 is 1.00 bits per heavy atom. The van der Waals surface area contributed by atoms with Gasteiger partial charge in [-0.25, -0.2) is 0 Å². The van der Waals surface area contributed by atoms with Crippen LogP contribution in [0.5, 0.6) is 0 Å². The van der Waals surface area contributed by atoms with Crippen molar-refractivity contribution in [3.8, 4) is 0 Å². The van der Waals surface area contributed by atoms with E-state index in [1.54, 1.807) is 43.3 Å². The van der Waals surface area contributed by atoms with Crippen molar-refractivity contribution in [2.24, 2.45) is 11.0 Å². The predicted octanol–water partition coefficient (Wildman–Crippen LogP) is 2.85. The lowest BCUT2D eigenvalue weighted by molar-refractivity contribution is -0.138. The summed E-state index contributed by atoms with van der Waals surface area (Å²) < 4.78 is 0. The first-order chi connectivity index (χ1) is 12.4. The topological polar surface area (TPSA) is 78.8 Å². The summed E-state index contributed by atoms with van der Waals surface area (Å²) in [5.41, 5.74) is 3.47. The van der Waals surface area contributed by atoms with Crippen molar-refractivity contribution in [3.63, 3.8) is 0 Å². The first kappa shape index (κ1) is 17.5. The third-order valence-corrected chi connectivity index (χ3v) is 4.38. The Labute approximate surface area is 151 Å². The van der Waals surface area contributed by atoms with Crippen LogP contribution in [0.2, 0.25) is 0 Å². The Hall–Kier alpha value is -3.28. The molecule has 0 unspecified atom stereocenters. The third-order valence-electron chi connectivity index (χ3n) is 4.38. The minimum atomic E-state index is -1.19. The number of rotatable bonds is 4. The molecule has 1 N–H and O–H groups in total. The van der Waals surface area contributed by atoms with Crippen LogP contribution in [0.3, 0.4) is 0 Å². The zero-order valence-corrected chi connectivity index (χ0v) is 14.8. The summed E-state index contributed by atoms with van der Waals surface area (Å²) in [5.74, 6) is -3.35. The molecule has 1 atom stereocenters. The van der Waals surface area contributed by atoms with E-state index < -0.39 is 23.5 Å². The molecule has 1 heterocycles. The monoisotopic (exact) mass is 349 g/mol. The van der Waals surface area contributed by atoms with Gasteiger partial charge in [-0.3, -0.25) is 14.4 Å². The van der Waals surface area contributed by atoms with E-state index in [2.05, 4.69) is 10.4 Å². The average molecular weight is 349 g/mol. The van der Waals surface area contributed by atoms with E-state index in [9.17, 15) is 14.4 Å². The molecule has 1 aliphatic heterocycles. The highest BCUT2D eigenvalue weighted by Gasteiger charge is 2.42. The fraction of sp³-hybridized carbons (Fsp3) is 0.200. The minimum Gasteiger partial charge on any atom is -0.319 e. The first-order valence-electron chi connectivity index (χ1n) is 8.25. The number of amides is 2. The van der Waals surface area contributed by atoms with E-state index in [1.165, 1.54) is 5.01 Å². The van der Waals surface area contributed by atoms with Crippen molar-refractivity contribution in [2.45, 2.75) is 20.8 Å². The molecule has 2 aromatic rings. The highest BCUT2D eigenvalue weighted by molar-refractivity contribution is 6.50. The molecule has 1 aliphatic rings. The zero-order chi connectivity index (χ0) is 18.8. The van der Waals surface area contributed by atoms with Crippen LogP contribution in [0.25, 0.3) is 0 Å². The second-order valence-electron chi connectivity index (χ2n) is 6.28. The molecule has 26 heavy (non-hydrogen) atoms. The highest BCUT2D eigenvalue weighted by atomic mass is 16.2. The fourth-order valence-electron chi connectivity index (χ4n) is 2.76. The maximum absolute atomic E-state index is 12.6. The molecule has 0 bridgehead atoms. The van der Waals surface area contributed by atoms with E-state index in [-0.39, 0.29) is 0 Å². The van der Waals surface area contributed by atoms with Gasteiger partial charge in [0, 0.05) is 5.69 Å². The maximum atomic E-state index is 12.6. The average Bonchev–Trinajstić information content (AvgIpc) is 2.92. The van der Waals surface area contributed by atoms with Gasteiger partial charge in [0.15, 0.2) is 0 Å². The number of anilines is 2. The number of hydrogen-bond donors (Lipinski definition) is 1. The lowest BCUT2D eigenvalue weighted by Gasteiger charge is -2.13. The lowest BCUT2D eigenvalue weighted by Crippen LogP contribution is -2.39. The van der Waals surface area contributed by atoms with E-state index in [1.807, 2.05) is 26.0 Å². The Kier molecular flexibility index (Phi) is 4.67. The van der Waals surface area contributed by atoms with E-state index in [0.29, 0.717) is 17.1 Å². The maximum Gasteiger partial charge on any atom is 0.293 e. The van der Waals surface area contributed by atoms with E-state index >= 15 is 0 Å². The number of benzene rings is 2. The molecule has 0 aromatic heterocycles. The number of ketones is 1. The number of hydrazone groups is 1. The largest absolute Gasteiger partial charge is 0.319 e. The molecule has 3 rings (SSSR count). The van der Waals surface area contributed by atoms with Crippen molar-refractivity contribution in [1.29, 1.82) is 0 Å². The molecule has 0 saturated heterocycles. The minimum absolute atomic E-state index is 0.305. The SMILES string of the molecule is CC1=NN(c2ccccc2)C(=O)[C@@H]1C(=O)C(=O)Nc1ccc(C)c(C)c1. The van der Waals surface area contributed by atoms with Gasteiger partial charge in [-0.1, -0.05) is 24.3 Å². The molecule has 132 valence electrons. The van der Waals surface area contributed by atoms with Gasteiger partial charge in [-0.2, -0.15) is 10.1 Å². The van der Waals surface area contributed by atoms with Gasteiger partial charge in [-0.15, -0.1) is 0 Å². The smallest absolute Gasteiger partial charge is 0.293 e. The van der Waals surface area contributed by atoms with Gasteiger partial charge in [0.05, 0.1) is 11.4 Å². The lowest BCUT2D eigenvalue weighted by atomic mass is 9.98. The van der Waals surface area contributed by atoms with Crippen LogP contribution < -0.4 is 10.3 Å². The number of nitrogens with zero attached hydrogens (tertiary/aromatic N) is 2. The Balaban J connectivity index is 1.77. The molecule has 0 radical (unpaired) electrons. The summed E-state index contributed by atoms with van der Waals surface area (Å²) in [6.07, 6.45) is 0. The van der Waals surface area contributed by atoms with Crippen LogP contribution in [0.15, 0.2) is 53.6 Å². The van der Waals surface area contributed by atoms with Gasteiger partial charge in [0.25, 0.3) is 11.8 Å². The quantitative estimate of drug-likeness (QED) is 0.681. The molecule has 0 saturated carbocycles. The number of nitrogens with one attached hydrogen (secondary N) is 1. The van der Waals surface area contributed by atoms with Crippen LogP contribution in [0, 0.1) is 19.8 Å². The Morgan fingerprint density at radius 3 is 2.35 bits per heavy atom. The van der Waals surface area contributed by atoms with Crippen LogP contribution in [-0.2, 0) is 14.4 Å². The zero-order valence-electron chi connectivity index (χ0n) is 14.8. The van der Waals surface area contributed by atoms with Crippen LogP contribution >= 0.6 is 0 Å². The van der Waals surface area contributed by atoms with Crippen molar-refractivity contribution >= 4 is 34.7 Å². The second kappa shape index (κ2) is 6.92. The summed E-state index contributed by atoms with van der Waals surface area (Å²) in [7, 11) is 0.